The van der Waals surface area contributed by atoms with Crippen molar-refractivity contribution in [3.63, 3.8) is 0 Å². The number of halogens is 1. The minimum atomic E-state index is -0.402. The molecule has 0 spiro atoms. The number of rotatable bonds is 5. The summed E-state index contributed by atoms with van der Waals surface area (Å²) in [4.78, 5) is 4.30. The zero-order valence-corrected chi connectivity index (χ0v) is 10.9. The average molecular weight is 264 g/mol. The number of ether oxygens (including phenoxy) is 1. The number of benzene rings is 1. The molecule has 0 radical (unpaired) electrons. The molecule has 0 saturated carbocycles. The molecule has 1 atom stereocenters. The molecule has 0 saturated heterocycles. The van der Waals surface area contributed by atoms with Crippen LogP contribution in [-0.4, -0.2) is 16.7 Å². The van der Waals surface area contributed by atoms with E-state index in [1.807, 2.05) is 17.7 Å². The highest BCUT2D eigenvalue weighted by Crippen LogP contribution is 2.25. The topological polar surface area (TPSA) is 65.1 Å². The van der Waals surface area contributed by atoms with E-state index >= 15 is 0 Å². The first kappa shape index (κ1) is 13.5. The Bertz CT molecular complexity index is 555. The summed E-state index contributed by atoms with van der Waals surface area (Å²) in [6.45, 7) is 2.80. The van der Waals surface area contributed by atoms with Crippen molar-refractivity contribution in [1.29, 1.82) is 0 Å². The Morgan fingerprint density at radius 3 is 2.95 bits per heavy atom. The SMILES string of the molecule is CCn1ccnc1C(NN)c1ccc(F)c(OC)c1. The molecule has 19 heavy (non-hydrogen) atoms. The summed E-state index contributed by atoms with van der Waals surface area (Å²) in [5.41, 5.74) is 3.50. The Morgan fingerprint density at radius 1 is 1.53 bits per heavy atom. The molecule has 1 aromatic carbocycles. The van der Waals surface area contributed by atoms with Crippen LogP contribution >= 0.6 is 0 Å². The number of nitrogens with zero attached hydrogens (tertiary/aromatic N) is 2. The number of hydrogen-bond acceptors (Lipinski definition) is 4. The zero-order valence-electron chi connectivity index (χ0n) is 10.9. The third-order valence-electron chi connectivity index (χ3n) is 3.02. The predicted octanol–water partition coefficient (Wildman–Crippen LogP) is 1.60. The molecule has 2 rings (SSSR count). The van der Waals surface area contributed by atoms with Gasteiger partial charge in [-0.3, -0.25) is 5.84 Å². The zero-order chi connectivity index (χ0) is 13.8. The van der Waals surface area contributed by atoms with Crippen LogP contribution in [-0.2, 0) is 6.54 Å². The largest absolute Gasteiger partial charge is 0.494 e. The fourth-order valence-corrected chi connectivity index (χ4v) is 2.02. The summed E-state index contributed by atoms with van der Waals surface area (Å²) < 4.78 is 20.4. The maximum Gasteiger partial charge on any atom is 0.165 e. The number of hydrogen-bond donors (Lipinski definition) is 2. The van der Waals surface area contributed by atoms with E-state index in [2.05, 4.69) is 10.4 Å². The van der Waals surface area contributed by atoms with E-state index in [4.69, 9.17) is 10.6 Å². The third kappa shape index (κ3) is 2.59. The van der Waals surface area contributed by atoms with Gasteiger partial charge in [-0.2, -0.15) is 0 Å². The van der Waals surface area contributed by atoms with Gasteiger partial charge in [0.1, 0.15) is 11.9 Å². The number of methoxy groups -OCH3 is 1. The van der Waals surface area contributed by atoms with Gasteiger partial charge in [-0.25, -0.2) is 14.8 Å². The Kier molecular flexibility index (Phi) is 4.13. The fourth-order valence-electron chi connectivity index (χ4n) is 2.02. The lowest BCUT2D eigenvalue weighted by Crippen LogP contribution is -2.31. The Labute approximate surface area is 111 Å². The lowest BCUT2D eigenvalue weighted by Gasteiger charge is -2.18. The summed E-state index contributed by atoms with van der Waals surface area (Å²) >= 11 is 0. The molecule has 6 heteroatoms. The molecule has 0 bridgehead atoms. The van der Waals surface area contributed by atoms with Crippen LogP contribution in [0.2, 0.25) is 0 Å². The van der Waals surface area contributed by atoms with Crippen LogP contribution in [0.25, 0.3) is 0 Å². The van der Waals surface area contributed by atoms with E-state index in [0.29, 0.717) is 0 Å². The van der Waals surface area contributed by atoms with Gasteiger partial charge in [0.25, 0.3) is 0 Å². The molecule has 1 unspecified atom stereocenters. The number of hydrazine groups is 1. The molecule has 5 nitrogen and oxygen atoms in total. The van der Waals surface area contributed by atoms with Gasteiger partial charge in [0.2, 0.25) is 0 Å². The smallest absolute Gasteiger partial charge is 0.165 e. The second-order valence-electron chi connectivity index (χ2n) is 4.07. The van der Waals surface area contributed by atoms with Crippen LogP contribution < -0.4 is 16.0 Å². The molecule has 0 fully saturated rings. The van der Waals surface area contributed by atoms with Crippen molar-refractivity contribution >= 4 is 0 Å². The van der Waals surface area contributed by atoms with Crippen molar-refractivity contribution in [2.75, 3.05) is 7.11 Å². The van der Waals surface area contributed by atoms with Gasteiger partial charge < -0.3 is 9.30 Å². The molecule has 0 amide bonds. The molecular weight excluding hydrogens is 247 g/mol. The Balaban J connectivity index is 2.42. The highest BCUT2D eigenvalue weighted by atomic mass is 19.1. The van der Waals surface area contributed by atoms with Crippen LogP contribution in [0.15, 0.2) is 30.6 Å². The summed E-state index contributed by atoms with van der Waals surface area (Å²) in [5, 5.41) is 0. The van der Waals surface area contributed by atoms with Gasteiger partial charge >= 0.3 is 0 Å². The first-order valence-electron chi connectivity index (χ1n) is 6.01. The highest BCUT2D eigenvalue weighted by molar-refractivity contribution is 5.34. The van der Waals surface area contributed by atoms with Crippen molar-refractivity contribution < 1.29 is 9.13 Å². The van der Waals surface area contributed by atoms with Crippen molar-refractivity contribution in [3.8, 4) is 5.75 Å². The van der Waals surface area contributed by atoms with Crippen molar-refractivity contribution in [2.45, 2.75) is 19.5 Å². The summed E-state index contributed by atoms with van der Waals surface area (Å²) in [5.74, 6) is 6.17. The van der Waals surface area contributed by atoms with Crippen LogP contribution in [0.4, 0.5) is 4.39 Å². The summed E-state index contributed by atoms with van der Waals surface area (Å²) in [6, 6.07) is 4.33. The van der Waals surface area contributed by atoms with E-state index in [0.717, 1.165) is 17.9 Å². The Hall–Kier alpha value is -1.92. The van der Waals surface area contributed by atoms with E-state index in [9.17, 15) is 4.39 Å². The summed E-state index contributed by atoms with van der Waals surface area (Å²) in [6.07, 6.45) is 3.59. The molecule has 2 aromatic rings. The van der Waals surface area contributed by atoms with Crippen molar-refractivity contribution in [2.24, 2.45) is 5.84 Å². The predicted molar refractivity (Wildman–Crippen MR) is 70.0 cm³/mol. The number of nitrogens with one attached hydrogen (secondary N) is 1. The Morgan fingerprint density at radius 2 is 2.32 bits per heavy atom. The van der Waals surface area contributed by atoms with Crippen LogP contribution in [0, 0.1) is 5.82 Å². The summed E-state index contributed by atoms with van der Waals surface area (Å²) in [7, 11) is 1.43. The third-order valence-corrected chi connectivity index (χ3v) is 3.02. The van der Waals surface area contributed by atoms with Gasteiger partial charge in [0, 0.05) is 18.9 Å². The lowest BCUT2D eigenvalue weighted by atomic mass is 10.1. The monoisotopic (exact) mass is 264 g/mol. The lowest BCUT2D eigenvalue weighted by molar-refractivity contribution is 0.385. The van der Waals surface area contributed by atoms with Crippen molar-refractivity contribution in [1.82, 2.24) is 15.0 Å². The van der Waals surface area contributed by atoms with Crippen LogP contribution in [0.5, 0.6) is 5.75 Å². The van der Waals surface area contributed by atoms with Gasteiger partial charge in [0.15, 0.2) is 11.6 Å². The molecule has 3 N–H and O–H groups in total. The highest BCUT2D eigenvalue weighted by Gasteiger charge is 2.19. The van der Waals surface area contributed by atoms with E-state index in [1.165, 1.54) is 13.2 Å². The second kappa shape index (κ2) is 5.81. The molecular formula is C13H17FN4O. The molecule has 1 aromatic heterocycles. The molecule has 0 aliphatic heterocycles. The van der Waals surface area contributed by atoms with E-state index in [1.54, 1.807) is 18.3 Å². The minimum Gasteiger partial charge on any atom is -0.494 e. The van der Waals surface area contributed by atoms with Gasteiger partial charge in [-0.1, -0.05) is 6.07 Å². The van der Waals surface area contributed by atoms with Gasteiger partial charge in [0.05, 0.1) is 7.11 Å². The quantitative estimate of drug-likeness (QED) is 0.636. The second-order valence-corrected chi connectivity index (χ2v) is 4.07. The standard InChI is InChI=1S/C13H17FN4O/c1-3-18-7-6-16-13(18)12(17-15)9-4-5-10(14)11(8-9)19-2/h4-8,12,17H,3,15H2,1-2H3. The molecule has 0 aliphatic rings. The molecule has 0 aliphatic carbocycles. The van der Waals surface area contributed by atoms with Crippen molar-refractivity contribution in [3.05, 3.63) is 47.8 Å². The van der Waals surface area contributed by atoms with Gasteiger partial charge in [-0.05, 0) is 24.6 Å². The van der Waals surface area contributed by atoms with E-state index in [-0.39, 0.29) is 11.8 Å². The van der Waals surface area contributed by atoms with Gasteiger partial charge in [-0.15, -0.1) is 0 Å². The molecule has 102 valence electrons. The fraction of sp³-hybridized carbons (Fsp3) is 0.308. The minimum absolute atomic E-state index is 0.187. The molecule has 1 heterocycles. The number of nitrogens with two attached hydrogens (primary N) is 1. The number of aromatic nitrogens is 2. The average Bonchev–Trinajstić information content (AvgIpc) is 2.89. The van der Waals surface area contributed by atoms with E-state index < -0.39 is 5.82 Å². The normalized spacial score (nSPS) is 12.4. The number of imidazole rings is 1. The van der Waals surface area contributed by atoms with Crippen LogP contribution in [0.1, 0.15) is 24.4 Å². The maximum absolute atomic E-state index is 13.4. The maximum atomic E-state index is 13.4. The first-order valence-corrected chi connectivity index (χ1v) is 6.01. The first-order chi connectivity index (χ1) is 9.21. The number of aryl methyl sites for hydroxylation is 1. The van der Waals surface area contributed by atoms with Crippen LogP contribution in [0.3, 0.4) is 0 Å².